The van der Waals surface area contributed by atoms with Gasteiger partial charge in [0.05, 0.1) is 0 Å². The SMILES string of the molecule is C1CC(CN2CCC3CNCC3C2)CS1.Cl. The van der Waals surface area contributed by atoms with Crippen molar-refractivity contribution in [3.05, 3.63) is 0 Å². The maximum atomic E-state index is 3.55. The van der Waals surface area contributed by atoms with Crippen molar-refractivity contribution in [2.45, 2.75) is 12.8 Å². The summed E-state index contributed by atoms with van der Waals surface area (Å²) in [6.07, 6.45) is 2.91. The number of halogens is 1. The molecule has 4 heteroatoms. The van der Waals surface area contributed by atoms with E-state index in [0.29, 0.717) is 0 Å². The van der Waals surface area contributed by atoms with Crippen LogP contribution in [-0.4, -0.2) is 49.1 Å². The van der Waals surface area contributed by atoms with Gasteiger partial charge >= 0.3 is 0 Å². The van der Waals surface area contributed by atoms with Gasteiger partial charge < -0.3 is 10.2 Å². The van der Waals surface area contributed by atoms with Crippen molar-refractivity contribution in [1.82, 2.24) is 10.2 Å². The summed E-state index contributed by atoms with van der Waals surface area (Å²) in [7, 11) is 0. The van der Waals surface area contributed by atoms with Gasteiger partial charge in [0.15, 0.2) is 0 Å². The van der Waals surface area contributed by atoms with Gasteiger partial charge in [0.2, 0.25) is 0 Å². The first-order valence-corrected chi connectivity index (χ1v) is 7.58. The number of fused-ring (bicyclic) bond motifs is 1. The summed E-state index contributed by atoms with van der Waals surface area (Å²) in [6.45, 7) is 6.69. The Morgan fingerprint density at radius 3 is 2.88 bits per heavy atom. The lowest BCUT2D eigenvalue weighted by atomic mass is 9.88. The third-order valence-corrected chi connectivity index (χ3v) is 5.56. The van der Waals surface area contributed by atoms with E-state index in [9.17, 15) is 0 Å². The number of hydrogen-bond donors (Lipinski definition) is 1. The first-order chi connectivity index (χ1) is 7.42. The fourth-order valence-electron chi connectivity index (χ4n) is 3.37. The van der Waals surface area contributed by atoms with Crippen LogP contribution in [0.25, 0.3) is 0 Å². The van der Waals surface area contributed by atoms with Crippen LogP contribution in [0.4, 0.5) is 0 Å². The van der Waals surface area contributed by atoms with Crippen molar-refractivity contribution in [3.8, 4) is 0 Å². The Hall–Kier alpha value is 0.560. The average Bonchev–Trinajstić information content (AvgIpc) is 2.87. The third-order valence-electron chi connectivity index (χ3n) is 4.33. The molecule has 0 spiro atoms. The van der Waals surface area contributed by atoms with E-state index in [0.717, 1.165) is 17.8 Å². The van der Waals surface area contributed by atoms with Crippen LogP contribution in [0.3, 0.4) is 0 Å². The minimum atomic E-state index is 0. The fourth-order valence-corrected chi connectivity index (χ4v) is 4.64. The maximum Gasteiger partial charge on any atom is 0.00251 e. The van der Waals surface area contributed by atoms with Crippen molar-refractivity contribution >= 4 is 24.2 Å². The van der Waals surface area contributed by atoms with E-state index >= 15 is 0 Å². The average molecular weight is 263 g/mol. The summed E-state index contributed by atoms with van der Waals surface area (Å²) in [5, 5.41) is 3.55. The van der Waals surface area contributed by atoms with Crippen LogP contribution in [0, 0.1) is 17.8 Å². The molecule has 3 rings (SSSR count). The predicted octanol–water partition coefficient (Wildman–Crippen LogP) is 1.70. The molecular weight excluding hydrogens is 240 g/mol. The van der Waals surface area contributed by atoms with Crippen LogP contribution in [0.15, 0.2) is 0 Å². The van der Waals surface area contributed by atoms with Gasteiger partial charge in [-0.1, -0.05) is 0 Å². The van der Waals surface area contributed by atoms with Gasteiger partial charge in [0, 0.05) is 13.1 Å². The van der Waals surface area contributed by atoms with Crippen LogP contribution < -0.4 is 5.32 Å². The lowest BCUT2D eigenvalue weighted by Crippen LogP contribution is -2.42. The zero-order valence-electron chi connectivity index (χ0n) is 9.86. The Morgan fingerprint density at radius 2 is 2.06 bits per heavy atom. The van der Waals surface area contributed by atoms with Crippen LogP contribution in [-0.2, 0) is 0 Å². The van der Waals surface area contributed by atoms with E-state index in [1.807, 2.05) is 0 Å². The van der Waals surface area contributed by atoms with E-state index in [1.165, 1.54) is 57.1 Å². The van der Waals surface area contributed by atoms with E-state index < -0.39 is 0 Å². The van der Waals surface area contributed by atoms with Gasteiger partial charge in [-0.2, -0.15) is 11.8 Å². The highest BCUT2D eigenvalue weighted by Crippen LogP contribution is 2.29. The lowest BCUT2D eigenvalue weighted by molar-refractivity contribution is 0.133. The number of piperidine rings is 1. The highest BCUT2D eigenvalue weighted by molar-refractivity contribution is 7.99. The fraction of sp³-hybridized carbons (Fsp3) is 1.00. The van der Waals surface area contributed by atoms with Gasteiger partial charge in [0.25, 0.3) is 0 Å². The molecule has 0 aromatic carbocycles. The van der Waals surface area contributed by atoms with Gasteiger partial charge in [-0.25, -0.2) is 0 Å². The molecular formula is C12H23ClN2S. The minimum Gasteiger partial charge on any atom is -0.316 e. The molecule has 3 fully saturated rings. The molecule has 0 aromatic heterocycles. The molecule has 3 aliphatic rings. The van der Waals surface area contributed by atoms with Crippen LogP contribution in [0.1, 0.15) is 12.8 Å². The van der Waals surface area contributed by atoms with Gasteiger partial charge in [0.1, 0.15) is 0 Å². The number of hydrogen-bond acceptors (Lipinski definition) is 3. The summed E-state index contributed by atoms with van der Waals surface area (Å²) in [5.41, 5.74) is 0. The molecule has 2 nitrogen and oxygen atoms in total. The second-order valence-corrected chi connectivity index (χ2v) is 6.61. The summed E-state index contributed by atoms with van der Waals surface area (Å²) < 4.78 is 0. The third kappa shape index (κ3) is 2.87. The number of thioether (sulfide) groups is 1. The molecule has 3 unspecified atom stereocenters. The predicted molar refractivity (Wildman–Crippen MR) is 73.6 cm³/mol. The molecule has 0 radical (unpaired) electrons. The van der Waals surface area contributed by atoms with Crippen LogP contribution in [0.2, 0.25) is 0 Å². The van der Waals surface area contributed by atoms with E-state index in [-0.39, 0.29) is 12.4 Å². The molecule has 3 saturated heterocycles. The molecule has 16 heavy (non-hydrogen) atoms. The maximum absolute atomic E-state index is 3.55. The monoisotopic (exact) mass is 262 g/mol. The molecule has 0 aromatic rings. The largest absolute Gasteiger partial charge is 0.316 e. The molecule has 0 amide bonds. The first kappa shape index (κ1) is 13.0. The van der Waals surface area contributed by atoms with Crippen LogP contribution >= 0.6 is 24.2 Å². The highest BCUT2D eigenvalue weighted by Gasteiger charge is 2.33. The zero-order valence-corrected chi connectivity index (χ0v) is 11.5. The molecule has 3 atom stereocenters. The molecule has 0 saturated carbocycles. The Balaban J connectivity index is 0.000000963. The summed E-state index contributed by atoms with van der Waals surface area (Å²) in [4.78, 5) is 2.74. The second-order valence-electron chi connectivity index (χ2n) is 5.46. The Kier molecular flexibility index (Phi) is 4.83. The Bertz CT molecular complexity index is 219. The van der Waals surface area contributed by atoms with E-state index in [1.54, 1.807) is 0 Å². The normalized spacial score (nSPS) is 39.4. The summed E-state index contributed by atoms with van der Waals surface area (Å²) in [5.74, 6) is 5.79. The quantitative estimate of drug-likeness (QED) is 0.816. The number of nitrogens with zero attached hydrogens (tertiary/aromatic N) is 1. The second kappa shape index (κ2) is 5.94. The molecule has 0 bridgehead atoms. The van der Waals surface area contributed by atoms with Crippen molar-refractivity contribution in [2.24, 2.45) is 17.8 Å². The van der Waals surface area contributed by atoms with Crippen LogP contribution in [0.5, 0.6) is 0 Å². The number of likely N-dealkylation sites (tertiary alicyclic amines) is 1. The topological polar surface area (TPSA) is 15.3 Å². The Morgan fingerprint density at radius 1 is 1.19 bits per heavy atom. The van der Waals surface area contributed by atoms with Gasteiger partial charge in [-0.15, -0.1) is 12.4 Å². The molecule has 3 aliphatic heterocycles. The first-order valence-electron chi connectivity index (χ1n) is 6.42. The molecule has 94 valence electrons. The van der Waals surface area contributed by atoms with E-state index in [4.69, 9.17) is 0 Å². The van der Waals surface area contributed by atoms with Gasteiger partial charge in [-0.05, 0) is 61.7 Å². The summed E-state index contributed by atoms with van der Waals surface area (Å²) >= 11 is 2.15. The highest BCUT2D eigenvalue weighted by atomic mass is 35.5. The molecule has 3 heterocycles. The van der Waals surface area contributed by atoms with Crippen molar-refractivity contribution in [1.29, 1.82) is 0 Å². The zero-order chi connectivity index (χ0) is 10.1. The Labute approximate surface area is 109 Å². The van der Waals surface area contributed by atoms with Crippen molar-refractivity contribution in [3.63, 3.8) is 0 Å². The summed E-state index contributed by atoms with van der Waals surface area (Å²) in [6, 6.07) is 0. The smallest absolute Gasteiger partial charge is 0.00251 e. The molecule has 0 aliphatic carbocycles. The van der Waals surface area contributed by atoms with Crippen molar-refractivity contribution < 1.29 is 0 Å². The number of nitrogens with one attached hydrogen (secondary N) is 1. The number of rotatable bonds is 2. The minimum absolute atomic E-state index is 0. The van der Waals surface area contributed by atoms with Crippen molar-refractivity contribution in [2.75, 3.05) is 44.2 Å². The van der Waals surface area contributed by atoms with E-state index in [2.05, 4.69) is 22.0 Å². The standard InChI is InChI=1S/C12H22N2S.ClH/c1-3-14(7-10-2-4-15-9-10)8-12-6-13-5-11(1)12;/h10-13H,1-9H2;1H. The van der Waals surface area contributed by atoms with Gasteiger partial charge in [-0.3, -0.25) is 0 Å². The molecule has 1 N–H and O–H groups in total. The lowest BCUT2D eigenvalue weighted by Gasteiger charge is -2.35.